The number of aliphatic hydroxyl groups is 1. The molecule has 4 heteroatoms. The van der Waals surface area contributed by atoms with Crippen molar-refractivity contribution >= 4 is 5.91 Å². The summed E-state index contributed by atoms with van der Waals surface area (Å²) in [7, 11) is 3.00. The average Bonchev–Trinajstić information content (AvgIpc) is 2.44. The molecule has 0 radical (unpaired) electrons. The molecule has 0 aliphatic carbocycles. The second kappa shape index (κ2) is 9.74. The monoisotopic (exact) mass is 297 g/mol. The van der Waals surface area contributed by atoms with Crippen LogP contribution in [0.4, 0.5) is 0 Å². The van der Waals surface area contributed by atoms with Gasteiger partial charge in [0.2, 0.25) is 0 Å². The first-order valence-electron chi connectivity index (χ1n) is 7.55. The van der Waals surface area contributed by atoms with Crippen molar-refractivity contribution in [2.24, 2.45) is 17.8 Å². The van der Waals surface area contributed by atoms with Gasteiger partial charge in [-0.1, -0.05) is 38.5 Å². The van der Waals surface area contributed by atoms with Crippen LogP contribution in [0.1, 0.15) is 40.5 Å². The number of carbonyl (C=O) groups excluding carboxylic acids is 1. The Morgan fingerprint density at radius 2 is 1.95 bits per heavy atom. The summed E-state index contributed by atoms with van der Waals surface area (Å²) in [5, 5.41) is 11.6. The van der Waals surface area contributed by atoms with Gasteiger partial charge in [0.25, 0.3) is 5.91 Å². The molecule has 0 saturated heterocycles. The van der Waals surface area contributed by atoms with Gasteiger partial charge in [0.1, 0.15) is 0 Å². The third-order valence-corrected chi connectivity index (χ3v) is 3.80. The molecule has 0 aliphatic rings. The van der Waals surface area contributed by atoms with Crippen molar-refractivity contribution in [3.63, 3.8) is 0 Å². The molecule has 3 atom stereocenters. The van der Waals surface area contributed by atoms with Crippen LogP contribution >= 0.6 is 0 Å². The Labute approximate surface area is 129 Å². The maximum Gasteiger partial charge on any atom is 0.255 e. The number of hydroxylamine groups is 2. The quantitative estimate of drug-likeness (QED) is 0.525. The summed E-state index contributed by atoms with van der Waals surface area (Å²) in [6.07, 6.45) is 4.87. The van der Waals surface area contributed by atoms with Crippen LogP contribution in [0.5, 0.6) is 0 Å². The lowest BCUT2D eigenvalue weighted by Crippen LogP contribution is -2.41. The summed E-state index contributed by atoms with van der Waals surface area (Å²) in [6.45, 7) is 11.8. The Kier molecular flexibility index (Phi) is 9.22. The second-order valence-electron chi connectivity index (χ2n) is 6.00. The molecule has 4 nitrogen and oxygen atoms in total. The lowest BCUT2D eigenvalue weighted by Gasteiger charge is -2.29. The van der Waals surface area contributed by atoms with Crippen LogP contribution in [0.2, 0.25) is 0 Å². The Hall–Kier alpha value is -1.13. The van der Waals surface area contributed by atoms with Crippen molar-refractivity contribution in [1.29, 1.82) is 0 Å². The molecule has 0 bridgehead atoms. The van der Waals surface area contributed by atoms with Gasteiger partial charge in [-0.3, -0.25) is 9.63 Å². The van der Waals surface area contributed by atoms with E-state index >= 15 is 0 Å². The highest BCUT2D eigenvalue weighted by atomic mass is 16.7. The van der Waals surface area contributed by atoms with Crippen LogP contribution in [0.15, 0.2) is 24.3 Å². The van der Waals surface area contributed by atoms with Crippen LogP contribution in [-0.4, -0.2) is 36.3 Å². The fourth-order valence-electron chi connectivity index (χ4n) is 2.11. The minimum absolute atomic E-state index is 0.169. The predicted molar refractivity (Wildman–Crippen MR) is 86.5 cm³/mol. The van der Waals surface area contributed by atoms with Gasteiger partial charge in [-0.05, 0) is 25.7 Å². The average molecular weight is 297 g/mol. The Morgan fingerprint density at radius 3 is 2.38 bits per heavy atom. The van der Waals surface area contributed by atoms with Crippen LogP contribution in [0.3, 0.4) is 0 Å². The largest absolute Gasteiger partial charge is 0.391 e. The zero-order chi connectivity index (χ0) is 16.6. The van der Waals surface area contributed by atoms with Gasteiger partial charge in [0.15, 0.2) is 0 Å². The van der Waals surface area contributed by atoms with Crippen LogP contribution in [0, 0.1) is 17.8 Å². The summed E-state index contributed by atoms with van der Waals surface area (Å²) in [5.41, 5.74) is 0.880. The van der Waals surface area contributed by atoms with Gasteiger partial charge >= 0.3 is 0 Å². The smallest absolute Gasteiger partial charge is 0.255 e. The number of hydrogen-bond donors (Lipinski definition) is 1. The normalized spacial score (nSPS) is 16.5. The molecule has 122 valence electrons. The first-order valence-corrected chi connectivity index (χ1v) is 7.55. The third-order valence-electron chi connectivity index (χ3n) is 3.80. The van der Waals surface area contributed by atoms with Crippen molar-refractivity contribution in [3.05, 3.63) is 24.3 Å². The minimum atomic E-state index is -0.803. The molecule has 0 heterocycles. The summed E-state index contributed by atoms with van der Waals surface area (Å²) in [5.74, 6) is -0.397. The lowest BCUT2D eigenvalue weighted by atomic mass is 9.85. The van der Waals surface area contributed by atoms with E-state index in [4.69, 9.17) is 4.84 Å². The molecule has 1 N–H and O–H groups in total. The zero-order valence-corrected chi connectivity index (χ0v) is 14.3. The minimum Gasteiger partial charge on any atom is -0.391 e. The van der Waals surface area contributed by atoms with Crippen LogP contribution in [0.25, 0.3) is 0 Å². The first kappa shape index (κ1) is 19.9. The predicted octanol–water partition coefficient (Wildman–Crippen LogP) is 3.19. The van der Waals surface area contributed by atoms with Crippen molar-refractivity contribution in [1.82, 2.24) is 5.06 Å². The zero-order valence-electron chi connectivity index (χ0n) is 14.3. The van der Waals surface area contributed by atoms with E-state index in [1.54, 1.807) is 13.1 Å². The number of aliphatic hydroxyl groups excluding tert-OH is 1. The number of nitrogens with zero attached hydrogens (tertiary/aromatic N) is 1. The van der Waals surface area contributed by atoms with E-state index in [0.717, 1.165) is 18.4 Å². The SMILES string of the molecule is C=CC(C)C(O)C(C(=O)N(C)OC)/C(C)=C/CCC(C)C. The Morgan fingerprint density at radius 1 is 1.38 bits per heavy atom. The van der Waals surface area contributed by atoms with Crippen LogP contribution < -0.4 is 0 Å². The molecule has 0 aromatic rings. The highest BCUT2D eigenvalue weighted by Gasteiger charge is 2.33. The van der Waals surface area contributed by atoms with E-state index in [-0.39, 0.29) is 11.8 Å². The second-order valence-corrected chi connectivity index (χ2v) is 6.00. The molecule has 21 heavy (non-hydrogen) atoms. The third kappa shape index (κ3) is 6.44. The molecule has 0 aliphatic heterocycles. The maximum atomic E-state index is 12.4. The van der Waals surface area contributed by atoms with Crippen LogP contribution in [-0.2, 0) is 9.63 Å². The number of hydrogen-bond acceptors (Lipinski definition) is 3. The number of allylic oxidation sites excluding steroid dienone is 1. The molecule has 0 rings (SSSR count). The Bertz CT molecular complexity index is 363. The van der Waals surface area contributed by atoms with Gasteiger partial charge in [-0.25, -0.2) is 5.06 Å². The fraction of sp³-hybridized carbons (Fsp3) is 0.706. The van der Waals surface area contributed by atoms with Gasteiger partial charge in [0.05, 0.1) is 19.1 Å². The standard InChI is InChI=1S/C17H31NO3/c1-8-13(4)16(19)15(17(20)18(6)21-7)14(5)11-9-10-12(2)3/h8,11-13,15-16,19H,1,9-10H2,2-7H3/b14-11+. The molecule has 0 aromatic heterocycles. The van der Waals surface area contributed by atoms with Gasteiger partial charge in [-0.15, -0.1) is 6.58 Å². The molecule has 0 spiro atoms. The summed E-state index contributed by atoms with van der Waals surface area (Å²) >= 11 is 0. The van der Waals surface area contributed by atoms with E-state index in [0.29, 0.717) is 5.92 Å². The van der Waals surface area contributed by atoms with E-state index in [1.165, 1.54) is 12.2 Å². The van der Waals surface area contributed by atoms with Crippen molar-refractivity contribution in [2.45, 2.75) is 46.6 Å². The number of rotatable bonds is 9. The van der Waals surface area contributed by atoms with Crippen molar-refractivity contribution in [2.75, 3.05) is 14.2 Å². The fourth-order valence-corrected chi connectivity index (χ4v) is 2.11. The highest BCUT2D eigenvalue weighted by molar-refractivity contribution is 5.81. The number of carbonyl (C=O) groups is 1. The van der Waals surface area contributed by atoms with E-state index < -0.39 is 12.0 Å². The van der Waals surface area contributed by atoms with Crippen molar-refractivity contribution < 1.29 is 14.7 Å². The maximum absolute atomic E-state index is 12.4. The molecule has 0 fully saturated rings. The number of amides is 1. The first-order chi connectivity index (χ1) is 9.76. The van der Waals surface area contributed by atoms with E-state index in [2.05, 4.69) is 20.4 Å². The highest BCUT2D eigenvalue weighted by Crippen LogP contribution is 2.24. The Balaban J connectivity index is 5.20. The summed E-state index contributed by atoms with van der Waals surface area (Å²) < 4.78 is 0. The molecular weight excluding hydrogens is 266 g/mol. The molecular formula is C17H31NO3. The topological polar surface area (TPSA) is 49.8 Å². The molecule has 0 saturated carbocycles. The molecule has 1 amide bonds. The molecule has 3 unspecified atom stereocenters. The van der Waals surface area contributed by atoms with Gasteiger partial charge in [0, 0.05) is 13.0 Å². The molecule has 0 aromatic carbocycles. The van der Waals surface area contributed by atoms with Gasteiger partial charge < -0.3 is 5.11 Å². The van der Waals surface area contributed by atoms with Crippen molar-refractivity contribution in [3.8, 4) is 0 Å². The lowest BCUT2D eigenvalue weighted by molar-refractivity contribution is -0.175. The van der Waals surface area contributed by atoms with Gasteiger partial charge in [-0.2, -0.15) is 0 Å². The van der Waals surface area contributed by atoms with E-state index in [1.807, 2.05) is 19.9 Å². The summed E-state index contributed by atoms with van der Waals surface area (Å²) in [6, 6.07) is 0. The summed E-state index contributed by atoms with van der Waals surface area (Å²) in [4.78, 5) is 17.4. The van der Waals surface area contributed by atoms with E-state index in [9.17, 15) is 9.90 Å².